The molecule has 2 aromatic heterocycles. The lowest BCUT2D eigenvalue weighted by Crippen LogP contribution is -2.48. The summed E-state index contributed by atoms with van der Waals surface area (Å²) in [5.74, 6) is 2.61. The maximum Gasteiger partial charge on any atom is 0.225 e. The molecule has 1 saturated heterocycles. The number of fused-ring (bicyclic) bond motifs is 1. The third-order valence-corrected chi connectivity index (χ3v) is 8.42. The van der Waals surface area contributed by atoms with Crippen LogP contribution in [-0.4, -0.2) is 79.9 Å². The van der Waals surface area contributed by atoms with E-state index in [9.17, 15) is 4.55 Å². The number of benzene rings is 1. The summed E-state index contributed by atoms with van der Waals surface area (Å²) in [5, 5.41) is 11.6. The zero-order valence-corrected chi connectivity index (χ0v) is 24.6. The lowest BCUT2D eigenvalue weighted by atomic mass is 10.2. The van der Waals surface area contributed by atoms with E-state index in [1.807, 2.05) is 26.8 Å². The minimum Gasteiger partial charge on any atom is -0.611 e. The predicted molar refractivity (Wildman–Crippen MR) is 157 cm³/mol. The zero-order chi connectivity index (χ0) is 29.0. The van der Waals surface area contributed by atoms with Crippen molar-refractivity contribution in [2.24, 2.45) is 5.73 Å². The van der Waals surface area contributed by atoms with Crippen molar-refractivity contribution < 1.29 is 14.0 Å². The molecule has 3 heterocycles. The number of nitrogens with two attached hydrogens (primary N) is 1. The average Bonchev–Trinajstić information content (AvgIpc) is 2.94. The van der Waals surface area contributed by atoms with Crippen LogP contribution in [0.3, 0.4) is 0 Å². The Kier molecular flexibility index (Phi) is 8.96. The van der Waals surface area contributed by atoms with Crippen LogP contribution in [-0.2, 0) is 11.2 Å². The van der Waals surface area contributed by atoms with E-state index in [0.29, 0.717) is 62.9 Å². The van der Waals surface area contributed by atoms with Gasteiger partial charge in [-0.2, -0.15) is 0 Å². The third kappa shape index (κ3) is 6.72. The molecule has 0 saturated carbocycles. The van der Waals surface area contributed by atoms with Crippen molar-refractivity contribution in [3.63, 3.8) is 0 Å². The Morgan fingerprint density at radius 2 is 1.77 bits per heavy atom. The van der Waals surface area contributed by atoms with E-state index >= 15 is 0 Å². The summed E-state index contributed by atoms with van der Waals surface area (Å²) in [6, 6.07) is 3.62. The standard InChI is InChI=1S/C27H37N9O3S/c1-17(18(2)28)24(29)34-25-20-11-23(40(37)27(3,4)5)22(12-21(20)32-15-33-25)39-16-35-7-9-36(10-8-35)26-30-13-19(38-6)14-31-26/h11-15,28H,7-10,16,29H2,1-6H3,(H,32,33,34)/b24-17+,28-18?. The monoisotopic (exact) mass is 567 g/mol. The number of nitrogens with zero attached hydrogens (tertiary/aromatic N) is 6. The fourth-order valence-electron chi connectivity index (χ4n) is 3.99. The van der Waals surface area contributed by atoms with Gasteiger partial charge in [-0.15, -0.1) is 0 Å². The number of allylic oxidation sites excluding steroid dienone is 1. The van der Waals surface area contributed by atoms with Crippen molar-refractivity contribution in [1.82, 2.24) is 24.8 Å². The van der Waals surface area contributed by atoms with E-state index in [0.717, 1.165) is 26.2 Å². The van der Waals surface area contributed by atoms with Gasteiger partial charge in [0, 0.05) is 55.0 Å². The van der Waals surface area contributed by atoms with Crippen LogP contribution in [0, 0.1) is 5.41 Å². The van der Waals surface area contributed by atoms with Crippen LogP contribution in [0.25, 0.3) is 10.9 Å². The molecule has 0 radical (unpaired) electrons. The van der Waals surface area contributed by atoms with Gasteiger partial charge in [0.25, 0.3) is 0 Å². The summed E-state index contributed by atoms with van der Waals surface area (Å²) in [4.78, 5) is 22.4. The number of piperazine rings is 1. The lowest BCUT2D eigenvalue weighted by molar-refractivity contribution is 0.117. The maximum absolute atomic E-state index is 13.6. The number of nitrogens with one attached hydrogen (secondary N) is 2. The first-order valence-electron chi connectivity index (χ1n) is 12.9. The maximum atomic E-state index is 13.6. The van der Waals surface area contributed by atoms with Gasteiger partial charge >= 0.3 is 0 Å². The van der Waals surface area contributed by atoms with Crippen molar-refractivity contribution in [3.8, 4) is 11.5 Å². The van der Waals surface area contributed by atoms with E-state index in [-0.39, 0.29) is 0 Å². The summed E-state index contributed by atoms with van der Waals surface area (Å²) in [6.45, 7) is 12.6. The second kappa shape index (κ2) is 12.2. The Morgan fingerprint density at radius 1 is 1.10 bits per heavy atom. The minimum atomic E-state index is -1.38. The molecular weight excluding hydrogens is 530 g/mol. The van der Waals surface area contributed by atoms with Crippen molar-refractivity contribution in [2.75, 3.05) is 50.2 Å². The molecule has 0 aliphatic carbocycles. The largest absolute Gasteiger partial charge is 0.611 e. The van der Waals surface area contributed by atoms with Crippen LogP contribution in [0.1, 0.15) is 34.6 Å². The summed E-state index contributed by atoms with van der Waals surface area (Å²) >= 11 is -1.38. The highest BCUT2D eigenvalue weighted by Crippen LogP contribution is 2.36. The first-order valence-corrected chi connectivity index (χ1v) is 14.1. The van der Waals surface area contributed by atoms with Crippen molar-refractivity contribution in [1.29, 1.82) is 5.41 Å². The highest BCUT2D eigenvalue weighted by Gasteiger charge is 2.32. The molecule has 0 bridgehead atoms. The van der Waals surface area contributed by atoms with Gasteiger partial charge in [-0.3, -0.25) is 4.90 Å². The minimum absolute atomic E-state index is 0.325. The molecule has 1 fully saturated rings. The van der Waals surface area contributed by atoms with E-state index < -0.39 is 15.9 Å². The van der Waals surface area contributed by atoms with E-state index in [1.54, 1.807) is 39.4 Å². The molecule has 12 nitrogen and oxygen atoms in total. The fourth-order valence-corrected chi connectivity index (χ4v) is 5.18. The number of methoxy groups -OCH3 is 1. The Bertz CT molecular complexity index is 1380. The quantitative estimate of drug-likeness (QED) is 0.257. The second-order valence-electron chi connectivity index (χ2n) is 10.5. The molecule has 13 heteroatoms. The number of anilines is 2. The van der Waals surface area contributed by atoms with Gasteiger partial charge in [-0.05, 0) is 45.8 Å². The highest BCUT2D eigenvalue weighted by molar-refractivity contribution is 7.92. The Morgan fingerprint density at radius 3 is 2.38 bits per heavy atom. The molecule has 0 spiro atoms. The van der Waals surface area contributed by atoms with Crippen LogP contribution < -0.4 is 25.4 Å². The highest BCUT2D eigenvalue weighted by atomic mass is 32.2. The molecule has 3 aromatic rings. The van der Waals surface area contributed by atoms with Gasteiger partial charge in [-0.25, -0.2) is 19.9 Å². The number of ether oxygens (including phenoxy) is 2. The van der Waals surface area contributed by atoms with Gasteiger partial charge < -0.3 is 35.4 Å². The van der Waals surface area contributed by atoms with Crippen LogP contribution >= 0.6 is 0 Å². The average molecular weight is 568 g/mol. The molecule has 40 heavy (non-hydrogen) atoms. The van der Waals surface area contributed by atoms with Crippen LogP contribution in [0.15, 0.2) is 47.1 Å². The van der Waals surface area contributed by atoms with Crippen LogP contribution in [0.2, 0.25) is 0 Å². The van der Waals surface area contributed by atoms with Crippen LogP contribution in [0.5, 0.6) is 11.5 Å². The molecular formula is C27H37N9O3S. The molecule has 4 N–H and O–H groups in total. The smallest absolute Gasteiger partial charge is 0.225 e. The summed E-state index contributed by atoms with van der Waals surface area (Å²) in [7, 11) is 1.59. The number of rotatable bonds is 9. The molecule has 0 amide bonds. The predicted octanol–water partition coefficient (Wildman–Crippen LogP) is 3.13. The number of aromatic nitrogens is 4. The van der Waals surface area contributed by atoms with Gasteiger partial charge in [0.1, 0.15) is 29.4 Å². The summed E-state index contributed by atoms with van der Waals surface area (Å²) in [5.41, 5.74) is 7.78. The van der Waals surface area contributed by atoms with E-state index in [2.05, 4.69) is 35.1 Å². The third-order valence-electron chi connectivity index (χ3n) is 6.58. The summed E-state index contributed by atoms with van der Waals surface area (Å²) in [6.07, 6.45) is 4.77. The van der Waals surface area contributed by atoms with Crippen molar-refractivity contribution in [3.05, 3.63) is 42.2 Å². The van der Waals surface area contributed by atoms with Gasteiger partial charge in [-0.1, -0.05) is 0 Å². The molecule has 1 aromatic carbocycles. The Hall–Kier alpha value is -3.68. The van der Waals surface area contributed by atoms with Gasteiger partial charge in [0.15, 0.2) is 16.4 Å². The van der Waals surface area contributed by atoms with Gasteiger partial charge in [0.05, 0.1) is 25.0 Å². The Labute approximate surface area is 237 Å². The molecule has 4 rings (SSSR count). The number of hydrogen-bond donors (Lipinski definition) is 3. The molecule has 1 unspecified atom stereocenters. The first-order chi connectivity index (χ1) is 19.0. The number of hydrogen-bond acceptors (Lipinski definition) is 12. The normalized spacial score (nSPS) is 15.9. The molecule has 1 aliphatic heterocycles. The molecule has 214 valence electrons. The molecule has 1 aliphatic rings. The van der Waals surface area contributed by atoms with Crippen LogP contribution in [0.4, 0.5) is 11.8 Å². The topological polar surface area (TPSA) is 161 Å². The van der Waals surface area contributed by atoms with Gasteiger partial charge in [0.2, 0.25) is 5.95 Å². The lowest BCUT2D eigenvalue weighted by Gasteiger charge is -2.34. The zero-order valence-electron chi connectivity index (χ0n) is 23.8. The fraction of sp³-hybridized carbons (Fsp3) is 0.444. The second-order valence-corrected chi connectivity index (χ2v) is 12.7. The SMILES string of the molecule is COc1cnc(N2CCN(COc3cc4ncnc(N/C(N)=C(\C)C(C)=N)c4cc3[S+]([O-])C(C)(C)C)CC2)nc1. The first kappa shape index (κ1) is 29.3. The molecule has 1 atom stereocenters. The van der Waals surface area contributed by atoms with Crippen molar-refractivity contribution >= 4 is 39.6 Å². The Balaban J connectivity index is 1.55. The van der Waals surface area contributed by atoms with E-state index in [1.165, 1.54) is 6.33 Å². The van der Waals surface area contributed by atoms with E-state index in [4.69, 9.17) is 20.6 Å². The van der Waals surface area contributed by atoms with Crippen molar-refractivity contribution in [2.45, 2.75) is 44.3 Å². The summed E-state index contributed by atoms with van der Waals surface area (Å²) < 4.78 is 24.5.